The first-order valence-corrected chi connectivity index (χ1v) is 7.10. The number of morpholine rings is 1. The molecule has 0 bridgehead atoms. The van der Waals surface area contributed by atoms with Crippen LogP contribution < -0.4 is 5.32 Å². The second-order valence-corrected chi connectivity index (χ2v) is 5.39. The van der Waals surface area contributed by atoms with Crippen LogP contribution in [0, 0.1) is 0 Å². The molecule has 5 heteroatoms. The molecule has 0 unspecified atom stereocenters. The Hall–Kier alpha value is -0.650. The van der Waals surface area contributed by atoms with Gasteiger partial charge in [-0.05, 0) is 32.2 Å². The van der Waals surface area contributed by atoms with Crippen molar-refractivity contribution in [3.8, 4) is 0 Å². The van der Waals surface area contributed by atoms with Gasteiger partial charge in [0.2, 0.25) is 5.91 Å². The molecule has 1 amide bonds. The summed E-state index contributed by atoms with van der Waals surface area (Å²) in [5.74, 6) is 0.249. The van der Waals surface area contributed by atoms with E-state index in [1.807, 2.05) is 4.90 Å². The number of ether oxygens (including phenoxy) is 2. The summed E-state index contributed by atoms with van der Waals surface area (Å²) in [6, 6.07) is 0.0354. The standard InChI is InChI=1S/C13H22N2O3/c16-13(10-3-1-5-14-10)15-6-8-18-12(9-15)11-4-2-7-17-11/h10-12,14H,1-9H2/t10-,11+,12-/m0/s1. The van der Waals surface area contributed by atoms with Crippen molar-refractivity contribution in [3.05, 3.63) is 0 Å². The van der Waals surface area contributed by atoms with Crippen molar-refractivity contribution in [3.63, 3.8) is 0 Å². The van der Waals surface area contributed by atoms with Crippen LogP contribution in [0.3, 0.4) is 0 Å². The van der Waals surface area contributed by atoms with Crippen LogP contribution in [0.5, 0.6) is 0 Å². The van der Waals surface area contributed by atoms with Crippen LogP contribution in [0.2, 0.25) is 0 Å². The fourth-order valence-corrected chi connectivity index (χ4v) is 3.11. The minimum Gasteiger partial charge on any atom is -0.375 e. The minimum absolute atomic E-state index is 0.0354. The number of nitrogens with zero attached hydrogens (tertiary/aromatic N) is 1. The zero-order valence-corrected chi connectivity index (χ0v) is 10.8. The first-order chi connectivity index (χ1) is 8.84. The largest absolute Gasteiger partial charge is 0.375 e. The monoisotopic (exact) mass is 254 g/mol. The molecule has 0 saturated carbocycles. The number of hydrogen-bond acceptors (Lipinski definition) is 4. The van der Waals surface area contributed by atoms with E-state index in [1.165, 1.54) is 0 Å². The molecule has 0 spiro atoms. The van der Waals surface area contributed by atoms with Crippen LogP contribution in [-0.4, -0.2) is 61.9 Å². The van der Waals surface area contributed by atoms with E-state index in [2.05, 4.69) is 5.32 Å². The number of rotatable bonds is 2. The Balaban J connectivity index is 1.57. The second-order valence-electron chi connectivity index (χ2n) is 5.39. The molecular formula is C13H22N2O3. The van der Waals surface area contributed by atoms with Gasteiger partial charge in [0.1, 0.15) is 6.10 Å². The molecule has 3 heterocycles. The SMILES string of the molecule is O=C([C@@H]1CCCN1)N1CCO[C@H]([C@H]2CCCO2)C1. The first-order valence-electron chi connectivity index (χ1n) is 7.10. The summed E-state index contributed by atoms with van der Waals surface area (Å²) in [6.45, 7) is 3.86. The van der Waals surface area contributed by atoms with Gasteiger partial charge in [-0.1, -0.05) is 0 Å². The average molecular weight is 254 g/mol. The highest BCUT2D eigenvalue weighted by molar-refractivity contribution is 5.82. The minimum atomic E-state index is 0.0354. The van der Waals surface area contributed by atoms with E-state index in [0.717, 1.165) is 45.4 Å². The second kappa shape index (κ2) is 5.55. The molecule has 3 fully saturated rings. The molecule has 3 rings (SSSR count). The zero-order chi connectivity index (χ0) is 12.4. The van der Waals surface area contributed by atoms with Gasteiger partial charge in [-0.25, -0.2) is 0 Å². The molecule has 0 aromatic heterocycles. The summed E-state index contributed by atoms with van der Waals surface area (Å²) >= 11 is 0. The molecule has 3 aliphatic heterocycles. The third-order valence-electron chi connectivity index (χ3n) is 4.14. The van der Waals surface area contributed by atoms with Crippen LogP contribution in [0.4, 0.5) is 0 Å². The molecule has 102 valence electrons. The van der Waals surface area contributed by atoms with Gasteiger partial charge in [-0.15, -0.1) is 0 Å². The van der Waals surface area contributed by atoms with Crippen LogP contribution in [0.25, 0.3) is 0 Å². The van der Waals surface area contributed by atoms with Crippen molar-refractivity contribution in [1.29, 1.82) is 0 Å². The van der Waals surface area contributed by atoms with Crippen LogP contribution in [0.1, 0.15) is 25.7 Å². The maximum absolute atomic E-state index is 12.3. The Kier molecular flexibility index (Phi) is 3.82. The highest BCUT2D eigenvalue weighted by Gasteiger charge is 2.35. The molecule has 0 aliphatic carbocycles. The number of hydrogen-bond donors (Lipinski definition) is 1. The Morgan fingerprint density at radius 1 is 1.11 bits per heavy atom. The van der Waals surface area contributed by atoms with Crippen molar-refractivity contribution in [1.82, 2.24) is 10.2 Å². The molecule has 0 aromatic rings. The van der Waals surface area contributed by atoms with Crippen molar-refractivity contribution in [2.24, 2.45) is 0 Å². The lowest BCUT2D eigenvalue weighted by Crippen LogP contribution is -2.53. The Labute approximate surface area is 108 Å². The third kappa shape index (κ3) is 2.53. The Morgan fingerprint density at radius 3 is 2.72 bits per heavy atom. The zero-order valence-electron chi connectivity index (χ0n) is 10.8. The van der Waals surface area contributed by atoms with Crippen LogP contribution >= 0.6 is 0 Å². The third-order valence-corrected chi connectivity index (χ3v) is 4.14. The van der Waals surface area contributed by atoms with E-state index >= 15 is 0 Å². The molecule has 1 N–H and O–H groups in total. The number of nitrogens with one attached hydrogen (secondary N) is 1. The van der Waals surface area contributed by atoms with Gasteiger partial charge in [0.15, 0.2) is 0 Å². The molecule has 3 aliphatic rings. The van der Waals surface area contributed by atoms with E-state index in [9.17, 15) is 4.79 Å². The lowest BCUT2D eigenvalue weighted by Gasteiger charge is -2.36. The van der Waals surface area contributed by atoms with Gasteiger partial charge >= 0.3 is 0 Å². The highest BCUT2D eigenvalue weighted by atomic mass is 16.5. The Morgan fingerprint density at radius 2 is 2.00 bits per heavy atom. The molecular weight excluding hydrogens is 232 g/mol. The average Bonchev–Trinajstić information content (AvgIpc) is 3.11. The Bertz CT molecular complexity index is 299. The summed E-state index contributed by atoms with van der Waals surface area (Å²) in [4.78, 5) is 14.3. The number of carbonyl (C=O) groups excluding carboxylic acids is 1. The van der Waals surface area contributed by atoms with Crippen molar-refractivity contribution >= 4 is 5.91 Å². The number of carbonyl (C=O) groups is 1. The van der Waals surface area contributed by atoms with E-state index in [-0.39, 0.29) is 24.2 Å². The molecule has 3 atom stereocenters. The summed E-state index contributed by atoms with van der Waals surface area (Å²) < 4.78 is 11.4. The van der Waals surface area contributed by atoms with Crippen molar-refractivity contribution in [2.45, 2.75) is 43.9 Å². The molecule has 0 radical (unpaired) electrons. The van der Waals surface area contributed by atoms with Gasteiger partial charge in [0.05, 0.1) is 18.8 Å². The summed E-state index contributed by atoms with van der Waals surface area (Å²) in [5.41, 5.74) is 0. The van der Waals surface area contributed by atoms with Gasteiger partial charge in [-0.3, -0.25) is 4.79 Å². The van der Waals surface area contributed by atoms with E-state index < -0.39 is 0 Å². The molecule has 0 aromatic carbocycles. The molecule has 18 heavy (non-hydrogen) atoms. The highest BCUT2D eigenvalue weighted by Crippen LogP contribution is 2.21. The molecule has 3 saturated heterocycles. The van der Waals surface area contributed by atoms with E-state index in [1.54, 1.807) is 0 Å². The fraction of sp³-hybridized carbons (Fsp3) is 0.923. The lowest BCUT2D eigenvalue weighted by atomic mass is 10.1. The van der Waals surface area contributed by atoms with E-state index in [4.69, 9.17) is 9.47 Å². The van der Waals surface area contributed by atoms with Crippen LogP contribution in [0.15, 0.2) is 0 Å². The van der Waals surface area contributed by atoms with Gasteiger partial charge in [0, 0.05) is 19.7 Å². The predicted octanol–water partition coefficient (Wildman–Crippen LogP) is 0.145. The maximum atomic E-state index is 12.3. The fourth-order valence-electron chi connectivity index (χ4n) is 3.11. The van der Waals surface area contributed by atoms with Crippen molar-refractivity contribution < 1.29 is 14.3 Å². The summed E-state index contributed by atoms with van der Waals surface area (Å²) in [6.07, 6.45) is 4.53. The first kappa shape index (κ1) is 12.4. The van der Waals surface area contributed by atoms with Gasteiger partial charge < -0.3 is 19.7 Å². The normalized spacial score (nSPS) is 37.1. The quantitative estimate of drug-likeness (QED) is 0.762. The van der Waals surface area contributed by atoms with Gasteiger partial charge in [-0.2, -0.15) is 0 Å². The maximum Gasteiger partial charge on any atom is 0.239 e. The van der Waals surface area contributed by atoms with Crippen LogP contribution in [-0.2, 0) is 14.3 Å². The van der Waals surface area contributed by atoms with Crippen molar-refractivity contribution in [2.75, 3.05) is 32.8 Å². The summed E-state index contributed by atoms with van der Waals surface area (Å²) in [7, 11) is 0. The molecule has 5 nitrogen and oxygen atoms in total. The predicted molar refractivity (Wildman–Crippen MR) is 66.3 cm³/mol. The van der Waals surface area contributed by atoms with E-state index in [0.29, 0.717) is 13.2 Å². The topological polar surface area (TPSA) is 50.8 Å². The number of amides is 1. The summed E-state index contributed by atoms with van der Waals surface area (Å²) in [5, 5.41) is 3.27. The smallest absolute Gasteiger partial charge is 0.239 e. The lowest BCUT2D eigenvalue weighted by molar-refractivity contribution is -0.146. The van der Waals surface area contributed by atoms with Gasteiger partial charge in [0.25, 0.3) is 0 Å².